The minimum Gasteiger partial charge on any atom is -0.380 e. The molecule has 0 saturated carbocycles. The molecule has 1 atom stereocenters. The Morgan fingerprint density at radius 2 is 2.50 bits per heavy atom. The van der Waals surface area contributed by atoms with Crippen LogP contribution in [0, 0.1) is 0 Å². The molecule has 0 aliphatic rings. The lowest BCUT2D eigenvalue weighted by atomic mass is 10.2. The van der Waals surface area contributed by atoms with Crippen molar-refractivity contribution < 1.29 is 5.11 Å². The zero-order valence-corrected chi connectivity index (χ0v) is 7.88. The summed E-state index contributed by atoms with van der Waals surface area (Å²) in [5, 5.41) is 13.9. The highest BCUT2D eigenvalue weighted by molar-refractivity contribution is 5.16. The summed E-state index contributed by atoms with van der Waals surface area (Å²) in [7, 11) is 0. The summed E-state index contributed by atoms with van der Waals surface area (Å²) in [6.07, 6.45) is 6.04. The molecule has 5 nitrogen and oxygen atoms in total. The van der Waals surface area contributed by atoms with Crippen LogP contribution in [-0.2, 0) is 6.54 Å². The smallest absolute Gasteiger partial charge is 0.140 e. The first-order valence-electron chi connectivity index (χ1n) is 4.51. The van der Waals surface area contributed by atoms with Gasteiger partial charge in [0, 0.05) is 30.7 Å². The van der Waals surface area contributed by atoms with Crippen LogP contribution in [0.15, 0.2) is 24.8 Å². The van der Waals surface area contributed by atoms with Crippen LogP contribution in [-0.4, -0.2) is 24.9 Å². The molecule has 2 N–H and O–H groups in total. The Labute approximate surface area is 81.4 Å². The van der Waals surface area contributed by atoms with E-state index >= 15 is 0 Å². The van der Waals surface area contributed by atoms with Gasteiger partial charge in [-0.3, -0.25) is 4.68 Å². The number of imidazole rings is 1. The molecule has 2 aromatic heterocycles. The van der Waals surface area contributed by atoms with E-state index in [0.717, 1.165) is 12.1 Å². The van der Waals surface area contributed by atoms with Gasteiger partial charge < -0.3 is 10.1 Å². The standard InChI is InChI=1S/C9H12N4O/c1-2-13-6-7(5-12-13)8(14)9-10-3-4-11-9/h3-6,8,14H,2H2,1H3,(H,10,11). The SMILES string of the molecule is CCn1cc(C(O)c2ncc[nH]2)cn1. The zero-order chi connectivity index (χ0) is 9.97. The molecule has 1 unspecified atom stereocenters. The Bertz CT molecular complexity index is 393. The molecule has 2 rings (SSSR count). The first kappa shape index (κ1) is 8.96. The molecular weight excluding hydrogens is 180 g/mol. The van der Waals surface area contributed by atoms with Gasteiger partial charge in [-0.15, -0.1) is 0 Å². The normalized spacial score (nSPS) is 13.0. The van der Waals surface area contributed by atoms with Crippen LogP contribution in [0.25, 0.3) is 0 Å². The Morgan fingerprint density at radius 3 is 3.07 bits per heavy atom. The van der Waals surface area contributed by atoms with Crippen LogP contribution >= 0.6 is 0 Å². The van der Waals surface area contributed by atoms with Crippen LogP contribution < -0.4 is 0 Å². The molecule has 0 aliphatic carbocycles. The van der Waals surface area contributed by atoms with Gasteiger partial charge in [0.2, 0.25) is 0 Å². The van der Waals surface area contributed by atoms with Crippen LogP contribution in [0.1, 0.15) is 24.4 Å². The molecule has 0 radical (unpaired) electrons. The lowest BCUT2D eigenvalue weighted by Gasteiger charge is -2.03. The fraction of sp³-hybridized carbons (Fsp3) is 0.333. The number of nitrogens with zero attached hydrogens (tertiary/aromatic N) is 3. The highest BCUT2D eigenvalue weighted by Gasteiger charge is 2.13. The van der Waals surface area contributed by atoms with E-state index < -0.39 is 6.10 Å². The second kappa shape index (κ2) is 3.63. The predicted molar refractivity (Wildman–Crippen MR) is 50.6 cm³/mol. The number of aliphatic hydroxyl groups is 1. The summed E-state index contributed by atoms with van der Waals surface area (Å²) in [5.74, 6) is 0.542. The number of rotatable bonds is 3. The van der Waals surface area contributed by atoms with Crippen LogP contribution in [0.4, 0.5) is 0 Å². The van der Waals surface area contributed by atoms with E-state index in [9.17, 15) is 5.11 Å². The average Bonchev–Trinajstić information content (AvgIpc) is 2.88. The van der Waals surface area contributed by atoms with Crippen molar-refractivity contribution in [3.63, 3.8) is 0 Å². The maximum Gasteiger partial charge on any atom is 0.140 e. The molecule has 2 heterocycles. The minimum absolute atomic E-state index is 0.542. The quantitative estimate of drug-likeness (QED) is 0.752. The number of aromatic nitrogens is 4. The van der Waals surface area contributed by atoms with Gasteiger partial charge in [-0.25, -0.2) is 4.98 Å². The molecule has 0 amide bonds. The molecule has 0 spiro atoms. The van der Waals surface area contributed by atoms with Crippen molar-refractivity contribution in [1.82, 2.24) is 19.7 Å². The first-order valence-corrected chi connectivity index (χ1v) is 4.51. The second-order valence-electron chi connectivity index (χ2n) is 3.01. The summed E-state index contributed by atoms with van der Waals surface area (Å²) < 4.78 is 1.77. The molecule has 74 valence electrons. The van der Waals surface area contributed by atoms with Crippen LogP contribution in [0.5, 0.6) is 0 Å². The maximum absolute atomic E-state index is 9.84. The average molecular weight is 192 g/mol. The maximum atomic E-state index is 9.84. The van der Waals surface area contributed by atoms with Gasteiger partial charge in [-0.05, 0) is 6.92 Å². The van der Waals surface area contributed by atoms with E-state index in [1.807, 2.05) is 13.1 Å². The predicted octanol–water partition coefficient (Wildman–Crippen LogP) is 0.708. The molecule has 5 heteroatoms. The van der Waals surface area contributed by atoms with Crippen molar-refractivity contribution in [3.05, 3.63) is 36.2 Å². The minimum atomic E-state index is -0.717. The van der Waals surface area contributed by atoms with Gasteiger partial charge in [0.25, 0.3) is 0 Å². The molecule has 14 heavy (non-hydrogen) atoms. The number of aryl methyl sites for hydroxylation is 1. The molecule has 2 aromatic rings. The molecule has 0 fully saturated rings. The van der Waals surface area contributed by atoms with Crippen molar-refractivity contribution in [2.45, 2.75) is 19.6 Å². The van der Waals surface area contributed by atoms with E-state index in [4.69, 9.17) is 0 Å². The van der Waals surface area contributed by atoms with Gasteiger partial charge in [-0.1, -0.05) is 0 Å². The third kappa shape index (κ3) is 1.54. The Kier molecular flexibility index (Phi) is 2.32. The topological polar surface area (TPSA) is 66.7 Å². The van der Waals surface area contributed by atoms with Crippen molar-refractivity contribution >= 4 is 0 Å². The number of aliphatic hydroxyl groups excluding tert-OH is 1. The second-order valence-corrected chi connectivity index (χ2v) is 3.01. The summed E-state index contributed by atoms with van der Waals surface area (Å²) in [6.45, 7) is 2.79. The first-order chi connectivity index (χ1) is 6.81. The molecule has 0 aliphatic heterocycles. The highest BCUT2D eigenvalue weighted by Crippen LogP contribution is 2.17. The number of aromatic amines is 1. The molecule has 0 saturated heterocycles. The zero-order valence-electron chi connectivity index (χ0n) is 7.88. The van der Waals surface area contributed by atoms with Gasteiger partial charge in [0.15, 0.2) is 0 Å². The number of H-pyrrole nitrogens is 1. The monoisotopic (exact) mass is 192 g/mol. The van der Waals surface area contributed by atoms with Crippen molar-refractivity contribution in [1.29, 1.82) is 0 Å². The van der Waals surface area contributed by atoms with Gasteiger partial charge >= 0.3 is 0 Å². The fourth-order valence-electron chi connectivity index (χ4n) is 1.28. The Hall–Kier alpha value is -1.62. The summed E-state index contributed by atoms with van der Waals surface area (Å²) >= 11 is 0. The van der Waals surface area contributed by atoms with Crippen molar-refractivity contribution in [2.75, 3.05) is 0 Å². The van der Waals surface area contributed by atoms with Crippen LogP contribution in [0.3, 0.4) is 0 Å². The lowest BCUT2D eigenvalue weighted by Crippen LogP contribution is -2.00. The number of hydrogen-bond acceptors (Lipinski definition) is 3. The largest absolute Gasteiger partial charge is 0.380 e. The Morgan fingerprint density at radius 1 is 1.64 bits per heavy atom. The lowest BCUT2D eigenvalue weighted by molar-refractivity contribution is 0.211. The third-order valence-corrected chi connectivity index (χ3v) is 2.07. The van der Waals surface area contributed by atoms with Crippen LogP contribution in [0.2, 0.25) is 0 Å². The van der Waals surface area contributed by atoms with Crippen molar-refractivity contribution in [3.8, 4) is 0 Å². The van der Waals surface area contributed by atoms with E-state index in [1.165, 1.54) is 0 Å². The number of hydrogen-bond donors (Lipinski definition) is 2. The fourth-order valence-corrected chi connectivity index (χ4v) is 1.28. The molecular formula is C9H12N4O. The summed E-state index contributed by atoms with van der Waals surface area (Å²) in [6, 6.07) is 0. The molecule has 0 aromatic carbocycles. The van der Waals surface area contributed by atoms with Gasteiger partial charge in [-0.2, -0.15) is 5.10 Å². The number of nitrogens with one attached hydrogen (secondary N) is 1. The molecule has 0 bridgehead atoms. The van der Waals surface area contributed by atoms with Gasteiger partial charge in [0.1, 0.15) is 11.9 Å². The van der Waals surface area contributed by atoms with E-state index in [2.05, 4.69) is 15.1 Å². The van der Waals surface area contributed by atoms with E-state index in [0.29, 0.717) is 5.82 Å². The highest BCUT2D eigenvalue weighted by atomic mass is 16.3. The summed E-state index contributed by atoms with van der Waals surface area (Å²) in [5.41, 5.74) is 0.752. The van der Waals surface area contributed by atoms with E-state index in [1.54, 1.807) is 23.3 Å². The van der Waals surface area contributed by atoms with Crippen molar-refractivity contribution in [2.24, 2.45) is 0 Å². The Balaban J connectivity index is 2.23. The third-order valence-electron chi connectivity index (χ3n) is 2.07. The van der Waals surface area contributed by atoms with Gasteiger partial charge in [0.05, 0.1) is 6.20 Å². The van der Waals surface area contributed by atoms with E-state index in [-0.39, 0.29) is 0 Å². The summed E-state index contributed by atoms with van der Waals surface area (Å²) in [4.78, 5) is 6.85.